The normalized spacial score (nSPS) is 28.0. The topological polar surface area (TPSA) is 50.4 Å². The number of fused-ring (bicyclic) bond motifs is 1. The Morgan fingerprint density at radius 3 is 3.05 bits per heavy atom. The van der Waals surface area contributed by atoms with E-state index in [2.05, 4.69) is 24.5 Å². The molecule has 1 aromatic rings. The number of carbonyl (C=O) groups excluding carboxylic acids is 1. The molecule has 0 spiro atoms. The van der Waals surface area contributed by atoms with Crippen molar-refractivity contribution in [2.24, 2.45) is 11.8 Å². The second kappa shape index (κ2) is 5.96. The van der Waals surface area contributed by atoms with Crippen LogP contribution in [0.5, 0.6) is 5.75 Å². The summed E-state index contributed by atoms with van der Waals surface area (Å²) < 4.78 is 5.69. The fourth-order valence-corrected chi connectivity index (χ4v) is 3.38. The van der Waals surface area contributed by atoms with Gasteiger partial charge in [-0.1, -0.05) is 32.8 Å². The maximum Gasteiger partial charge on any atom is 0.255 e. The van der Waals surface area contributed by atoms with E-state index in [1.54, 1.807) is 0 Å². The Labute approximate surface area is 126 Å². The Morgan fingerprint density at radius 1 is 1.33 bits per heavy atom. The summed E-state index contributed by atoms with van der Waals surface area (Å²) >= 11 is 0. The molecule has 1 aliphatic heterocycles. The summed E-state index contributed by atoms with van der Waals surface area (Å²) in [6.45, 7) is 5.91. The molecule has 21 heavy (non-hydrogen) atoms. The average Bonchev–Trinajstić information content (AvgIpc) is 2.51. The zero-order valence-electron chi connectivity index (χ0n) is 12.8. The number of amides is 1. The lowest BCUT2D eigenvalue weighted by Crippen LogP contribution is -2.43. The van der Waals surface area contributed by atoms with Gasteiger partial charge in [-0.25, -0.2) is 0 Å². The average molecular weight is 288 g/mol. The molecule has 114 valence electrons. The highest BCUT2D eigenvalue weighted by molar-refractivity contribution is 5.99. The number of anilines is 1. The molecule has 3 unspecified atom stereocenters. The molecule has 3 atom stereocenters. The van der Waals surface area contributed by atoms with E-state index >= 15 is 0 Å². The summed E-state index contributed by atoms with van der Waals surface area (Å²) in [7, 11) is 0. The van der Waals surface area contributed by atoms with Crippen molar-refractivity contribution in [1.82, 2.24) is 5.32 Å². The molecule has 1 amide bonds. The van der Waals surface area contributed by atoms with Gasteiger partial charge in [0.05, 0.1) is 11.3 Å². The summed E-state index contributed by atoms with van der Waals surface area (Å²) in [5.41, 5.74) is 1.56. The number of hydrogen-bond donors (Lipinski definition) is 2. The van der Waals surface area contributed by atoms with Crippen LogP contribution >= 0.6 is 0 Å². The van der Waals surface area contributed by atoms with Gasteiger partial charge in [0, 0.05) is 12.6 Å². The van der Waals surface area contributed by atoms with Crippen molar-refractivity contribution in [1.29, 1.82) is 0 Å². The van der Waals surface area contributed by atoms with Crippen molar-refractivity contribution in [3.63, 3.8) is 0 Å². The summed E-state index contributed by atoms with van der Waals surface area (Å²) in [5.74, 6) is 1.88. The quantitative estimate of drug-likeness (QED) is 0.879. The molecule has 0 radical (unpaired) electrons. The van der Waals surface area contributed by atoms with E-state index in [1.807, 2.05) is 18.2 Å². The molecule has 0 aromatic heterocycles. The van der Waals surface area contributed by atoms with Gasteiger partial charge in [0.25, 0.3) is 5.91 Å². The summed E-state index contributed by atoms with van der Waals surface area (Å²) in [6, 6.07) is 5.98. The first-order chi connectivity index (χ1) is 10.2. The van der Waals surface area contributed by atoms with Crippen molar-refractivity contribution in [2.45, 2.75) is 39.2 Å². The lowest BCUT2D eigenvalue weighted by molar-refractivity contribution is 0.0887. The third-order valence-corrected chi connectivity index (χ3v) is 4.95. The molecule has 0 bridgehead atoms. The number of rotatable bonds is 2. The highest BCUT2D eigenvalue weighted by atomic mass is 16.5. The van der Waals surface area contributed by atoms with Crippen LogP contribution in [-0.2, 0) is 0 Å². The Kier molecular flexibility index (Phi) is 4.04. The standard InChI is InChI=1S/C17H24N2O2/c1-11-5-3-7-14(12(11)2)19-17(20)13-6-4-8-15-16(13)21-10-9-18-15/h4,6,8,11-12,14,18H,3,5,7,9-10H2,1-2H3,(H,19,20). The van der Waals surface area contributed by atoms with E-state index in [1.165, 1.54) is 12.8 Å². The molecule has 1 aliphatic carbocycles. The molecule has 1 aromatic carbocycles. The van der Waals surface area contributed by atoms with Gasteiger partial charge in [-0.05, 0) is 30.4 Å². The molecular weight excluding hydrogens is 264 g/mol. The number of hydrogen-bond acceptors (Lipinski definition) is 3. The molecule has 2 N–H and O–H groups in total. The smallest absolute Gasteiger partial charge is 0.255 e. The highest BCUT2D eigenvalue weighted by Gasteiger charge is 2.29. The lowest BCUT2D eigenvalue weighted by atomic mass is 9.78. The van der Waals surface area contributed by atoms with E-state index < -0.39 is 0 Å². The number of nitrogens with one attached hydrogen (secondary N) is 2. The zero-order valence-corrected chi connectivity index (χ0v) is 12.8. The molecule has 3 rings (SSSR count). The molecule has 1 heterocycles. The van der Waals surface area contributed by atoms with Gasteiger partial charge in [-0.3, -0.25) is 4.79 Å². The third-order valence-electron chi connectivity index (χ3n) is 4.95. The third kappa shape index (κ3) is 2.85. The second-order valence-electron chi connectivity index (χ2n) is 6.30. The highest BCUT2D eigenvalue weighted by Crippen LogP contribution is 2.33. The van der Waals surface area contributed by atoms with Crippen molar-refractivity contribution >= 4 is 11.6 Å². The van der Waals surface area contributed by atoms with Gasteiger partial charge in [0.1, 0.15) is 6.61 Å². The summed E-state index contributed by atoms with van der Waals surface area (Å²) in [6.07, 6.45) is 3.54. The van der Waals surface area contributed by atoms with Crippen LogP contribution in [0.2, 0.25) is 0 Å². The lowest BCUT2D eigenvalue weighted by Gasteiger charge is -2.34. The van der Waals surface area contributed by atoms with Gasteiger partial charge in [-0.15, -0.1) is 0 Å². The van der Waals surface area contributed by atoms with Crippen molar-refractivity contribution in [3.05, 3.63) is 23.8 Å². The maximum atomic E-state index is 12.6. The number of para-hydroxylation sites is 1. The van der Waals surface area contributed by atoms with Crippen LogP contribution in [0, 0.1) is 11.8 Å². The maximum absolute atomic E-state index is 12.6. The van der Waals surface area contributed by atoms with Crippen LogP contribution in [0.3, 0.4) is 0 Å². The zero-order chi connectivity index (χ0) is 14.8. The fourth-order valence-electron chi connectivity index (χ4n) is 3.38. The van der Waals surface area contributed by atoms with Crippen LogP contribution in [-0.4, -0.2) is 25.1 Å². The number of benzene rings is 1. The number of ether oxygens (including phenoxy) is 1. The van der Waals surface area contributed by atoms with Crippen molar-refractivity contribution < 1.29 is 9.53 Å². The Balaban J connectivity index is 1.76. The Hall–Kier alpha value is -1.71. The fraction of sp³-hybridized carbons (Fsp3) is 0.588. The summed E-state index contributed by atoms with van der Waals surface area (Å²) in [5, 5.41) is 6.49. The molecule has 1 saturated carbocycles. The first kappa shape index (κ1) is 14.2. The largest absolute Gasteiger partial charge is 0.489 e. The van der Waals surface area contributed by atoms with Gasteiger partial charge in [0.15, 0.2) is 5.75 Å². The monoisotopic (exact) mass is 288 g/mol. The van der Waals surface area contributed by atoms with Gasteiger partial charge >= 0.3 is 0 Å². The second-order valence-corrected chi connectivity index (χ2v) is 6.30. The molecule has 2 aliphatic rings. The van der Waals surface area contributed by atoms with Gasteiger partial charge in [-0.2, -0.15) is 0 Å². The predicted molar refractivity (Wildman–Crippen MR) is 83.9 cm³/mol. The van der Waals surface area contributed by atoms with E-state index in [9.17, 15) is 4.79 Å². The van der Waals surface area contributed by atoms with Crippen LogP contribution in [0.25, 0.3) is 0 Å². The molecule has 1 fully saturated rings. The van der Waals surface area contributed by atoms with Gasteiger partial charge < -0.3 is 15.4 Å². The molecule has 4 heteroatoms. The molecule has 0 saturated heterocycles. The molecular formula is C17H24N2O2. The Morgan fingerprint density at radius 2 is 2.19 bits per heavy atom. The van der Waals surface area contributed by atoms with E-state index in [0.717, 1.165) is 18.7 Å². The van der Waals surface area contributed by atoms with E-state index in [0.29, 0.717) is 29.8 Å². The summed E-state index contributed by atoms with van der Waals surface area (Å²) in [4.78, 5) is 12.6. The van der Waals surface area contributed by atoms with Crippen molar-refractivity contribution in [3.8, 4) is 5.75 Å². The first-order valence-corrected chi connectivity index (χ1v) is 7.97. The minimum Gasteiger partial charge on any atom is -0.489 e. The van der Waals surface area contributed by atoms with Crippen LogP contribution in [0.4, 0.5) is 5.69 Å². The number of carbonyl (C=O) groups is 1. The van der Waals surface area contributed by atoms with Gasteiger partial charge in [0.2, 0.25) is 0 Å². The van der Waals surface area contributed by atoms with Crippen LogP contribution in [0.15, 0.2) is 18.2 Å². The van der Waals surface area contributed by atoms with Crippen LogP contribution < -0.4 is 15.4 Å². The minimum atomic E-state index is -0.0125. The molecule has 4 nitrogen and oxygen atoms in total. The Bertz CT molecular complexity index is 530. The SMILES string of the molecule is CC1CCCC(NC(=O)c2cccc3c2OCCN3)C1C. The predicted octanol–water partition coefficient (Wildman–Crippen LogP) is 3.05. The van der Waals surface area contributed by atoms with Crippen LogP contribution in [0.1, 0.15) is 43.5 Å². The first-order valence-electron chi connectivity index (χ1n) is 7.97. The minimum absolute atomic E-state index is 0.0125. The van der Waals surface area contributed by atoms with E-state index in [4.69, 9.17) is 4.74 Å². The van der Waals surface area contributed by atoms with E-state index in [-0.39, 0.29) is 11.9 Å². The van der Waals surface area contributed by atoms with Crippen molar-refractivity contribution in [2.75, 3.05) is 18.5 Å².